The van der Waals surface area contributed by atoms with E-state index in [1.54, 1.807) is 21.3 Å². The minimum atomic E-state index is -0.830. The number of carbonyl (C=O) groups excluding carboxylic acids is 1. The third-order valence-corrected chi connectivity index (χ3v) is 7.43. The first-order valence-corrected chi connectivity index (χ1v) is 13.3. The Hall–Kier alpha value is -1.58. The average Bonchev–Trinajstić information content (AvgIpc) is 2.89. The maximum atomic E-state index is 12.8. The Balaban J connectivity index is 0.00000684. The van der Waals surface area contributed by atoms with Crippen molar-refractivity contribution < 1.29 is 28.8 Å². The largest absolute Gasteiger partial charge is 0.493 e. The number of carbonyl (C=O) groups is 1. The smallest absolute Gasteiger partial charge is 0.252 e. The lowest BCUT2D eigenvalue weighted by molar-refractivity contribution is -0.148. The van der Waals surface area contributed by atoms with Gasteiger partial charge in [-0.15, -0.1) is 12.4 Å². The maximum absolute atomic E-state index is 12.8. The number of methoxy groups -OCH3 is 3. The molecule has 1 aliphatic rings. The SMILES string of the molecule is COCCCOc1cc(CC(CC(N)C(O)CNC(=O)C2(OC)CCCCC2)C(C)C)ccc1OC.Cl. The summed E-state index contributed by atoms with van der Waals surface area (Å²) in [5.74, 6) is 1.89. The van der Waals surface area contributed by atoms with Gasteiger partial charge >= 0.3 is 0 Å². The molecule has 1 amide bonds. The van der Waals surface area contributed by atoms with Crippen LogP contribution in [0.2, 0.25) is 0 Å². The lowest BCUT2D eigenvalue weighted by Gasteiger charge is -2.35. The van der Waals surface area contributed by atoms with E-state index in [2.05, 4.69) is 19.2 Å². The normalized spacial score (nSPS) is 17.4. The monoisotopic (exact) mass is 544 g/mol. The highest BCUT2D eigenvalue weighted by Gasteiger charge is 2.39. The first kappa shape index (κ1) is 33.4. The molecule has 8 nitrogen and oxygen atoms in total. The number of hydrogen-bond acceptors (Lipinski definition) is 7. The van der Waals surface area contributed by atoms with Crippen molar-refractivity contribution >= 4 is 18.3 Å². The zero-order chi connectivity index (χ0) is 26.6. The summed E-state index contributed by atoms with van der Waals surface area (Å²) in [4.78, 5) is 12.8. The van der Waals surface area contributed by atoms with E-state index in [0.29, 0.717) is 44.1 Å². The van der Waals surface area contributed by atoms with Gasteiger partial charge in [0.2, 0.25) is 0 Å². The summed E-state index contributed by atoms with van der Waals surface area (Å²) in [5.41, 5.74) is 6.77. The van der Waals surface area contributed by atoms with E-state index in [9.17, 15) is 9.90 Å². The molecule has 0 aliphatic heterocycles. The number of hydrogen-bond donors (Lipinski definition) is 3. The van der Waals surface area contributed by atoms with Gasteiger partial charge in [-0.1, -0.05) is 39.2 Å². The van der Waals surface area contributed by atoms with Gasteiger partial charge in [0.1, 0.15) is 5.60 Å². The van der Waals surface area contributed by atoms with E-state index < -0.39 is 17.7 Å². The standard InChI is InChI=1S/C28H48N2O6.ClH/c1-20(2)22(16-21-10-11-25(34-4)26(17-21)36-15-9-14-33-3)18-23(29)24(31)19-30-27(32)28(35-5)12-7-6-8-13-28;/h10-11,17,20,22-24,31H,6-9,12-16,18-19,29H2,1-5H3,(H,30,32);1H. The number of halogens is 1. The minimum absolute atomic E-state index is 0. The molecule has 0 radical (unpaired) electrons. The number of ether oxygens (including phenoxy) is 4. The number of benzene rings is 1. The molecule has 2 rings (SSSR count). The van der Waals surface area contributed by atoms with Crippen LogP contribution in [0.25, 0.3) is 0 Å². The first-order chi connectivity index (χ1) is 17.3. The second-order valence-corrected chi connectivity index (χ2v) is 10.3. The quantitative estimate of drug-likeness (QED) is 0.271. The van der Waals surface area contributed by atoms with Gasteiger partial charge in [-0.25, -0.2) is 0 Å². The average molecular weight is 545 g/mol. The highest BCUT2D eigenvalue weighted by molar-refractivity contribution is 5.85. The zero-order valence-corrected chi connectivity index (χ0v) is 24.1. The summed E-state index contributed by atoms with van der Waals surface area (Å²) < 4.78 is 22.1. The molecule has 1 aliphatic carbocycles. The summed E-state index contributed by atoms with van der Waals surface area (Å²) in [5, 5.41) is 13.6. The molecule has 9 heteroatoms. The molecule has 3 atom stereocenters. The van der Waals surface area contributed by atoms with E-state index in [-0.39, 0.29) is 30.8 Å². The number of aliphatic hydroxyl groups is 1. The molecule has 0 spiro atoms. The Morgan fingerprint density at radius 2 is 1.81 bits per heavy atom. The predicted molar refractivity (Wildman–Crippen MR) is 149 cm³/mol. The second-order valence-electron chi connectivity index (χ2n) is 10.3. The van der Waals surface area contributed by atoms with Gasteiger partial charge in [-0.3, -0.25) is 4.79 Å². The molecular formula is C28H49ClN2O6. The van der Waals surface area contributed by atoms with Crippen LogP contribution < -0.4 is 20.5 Å². The Bertz CT molecular complexity index is 788. The molecule has 0 heterocycles. The van der Waals surface area contributed by atoms with Gasteiger partial charge in [0, 0.05) is 39.8 Å². The fraction of sp³-hybridized carbons (Fsp3) is 0.750. The molecule has 3 unspecified atom stereocenters. The van der Waals surface area contributed by atoms with E-state index in [1.165, 1.54) is 0 Å². The van der Waals surface area contributed by atoms with E-state index in [0.717, 1.165) is 43.4 Å². The van der Waals surface area contributed by atoms with Crippen LogP contribution in [0.4, 0.5) is 0 Å². The van der Waals surface area contributed by atoms with Gasteiger partial charge in [0.25, 0.3) is 5.91 Å². The van der Waals surface area contributed by atoms with Crippen LogP contribution in [0.1, 0.15) is 64.4 Å². The molecule has 0 bridgehead atoms. The van der Waals surface area contributed by atoms with Crippen LogP contribution in [0.5, 0.6) is 11.5 Å². The first-order valence-electron chi connectivity index (χ1n) is 13.3. The Kier molecular flexibility index (Phi) is 15.5. The zero-order valence-electron chi connectivity index (χ0n) is 23.3. The fourth-order valence-electron chi connectivity index (χ4n) is 4.90. The summed E-state index contributed by atoms with van der Waals surface area (Å²) in [6.45, 7) is 5.65. The van der Waals surface area contributed by atoms with Crippen molar-refractivity contribution in [3.63, 3.8) is 0 Å². The lowest BCUT2D eigenvalue weighted by atomic mass is 9.82. The Labute approximate surface area is 229 Å². The molecule has 1 saturated carbocycles. The maximum Gasteiger partial charge on any atom is 0.252 e. The molecule has 4 N–H and O–H groups in total. The summed E-state index contributed by atoms with van der Waals surface area (Å²) in [6, 6.07) is 5.55. The van der Waals surface area contributed by atoms with E-state index >= 15 is 0 Å². The van der Waals surface area contributed by atoms with E-state index in [1.807, 2.05) is 18.2 Å². The molecule has 1 aromatic rings. The van der Waals surface area contributed by atoms with Crippen molar-refractivity contribution in [3.05, 3.63) is 23.8 Å². The summed E-state index contributed by atoms with van der Waals surface area (Å²) in [6.07, 6.45) is 5.92. The van der Waals surface area contributed by atoms with Crippen molar-refractivity contribution in [2.45, 2.75) is 83.0 Å². The van der Waals surface area contributed by atoms with Crippen molar-refractivity contribution in [3.8, 4) is 11.5 Å². The molecule has 214 valence electrons. The van der Waals surface area contributed by atoms with Crippen LogP contribution in [0.15, 0.2) is 18.2 Å². The third-order valence-electron chi connectivity index (χ3n) is 7.43. The Morgan fingerprint density at radius 1 is 1.11 bits per heavy atom. The molecule has 0 aromatic heterocycles. The van der Waals surface area contributed by atoms with Crippen LogP contribution >= 0.6 is 12.4 Å². The van der Waals surface area contributed by atoms with Crippen molar-refractivity contribution in [1.82, 2.24) is 5.32 Å². The van der Waals surface area contributed by atoms with Gasteiger partial charge in [0.15, 0.2) is 11.5 Å². The van der Waals surface area contributed by atoms with Crippen molar-refractivity contribution in [2.24, 2.45) is 17.6 Å². The number of nitrogens with one attached hydrogen (secondary N) is 1. The molecular weight excluding hydrogens is 496 g/mol. The van der Waals surface area contributed by atoms with Crippen LogP contribution in [-0.4, -0.2) is 69.8 Å². The van der Waals surface area contributed by atoms with Crippen LogP contribution in [0.3, 0.4) is 0 Å². The van der Waals surface area contributed by atoms with Crippen molar-refractivity contribution in [2.75, 3.05) is 41.1 Å². The molecule has 1 aromatic carbocycles. The highest BCUT2D eigenvalue weighted by Crippen LogP contribution is 2.32. The van der Waals surface area contributed by atoms with Crippen LogP contribution in [-0.2, 0) is 20.7 Å². The summed E-state index contributed by atoms with van der Waals surface area (Å²) >= 11 is 0. The fourth-order valence-corrected chi connectivity index (χ4v) is 4.90. The second kappa shape index (κ2) is 17.1. The number of nitrogens with two attached hydrogens (primary N) is 1. The third kappa shape index (κ3) is 10.2. The number of rotatable bonds is 16. The number of aliphatic hydroxyl groups excluding tert-OH is 1. The predicted octanol–water partition coefficient (Wildman–Crippen LogP) is 3.89. The van der Waals surface area contributed by atoms with Gasteiger partial charge < -0.3 is 35.1 Å². The summed E-state index contributed by atoms with van der Waals surface area (Å²) in [7, 11) is 4.90. The highest BCUT2D eigenvalue weighted by atomic mass is 35.5. The molecule has 37 heavy (non-hydrogen) atoms. The van der Waals surface area contributed by atoms with Gasteiger partial charge in [0.05, 0.1) is 19.8 Å². The molecule has 0 saturated heterocycles. The topological polar surface area (TPSA) is 112 Å². The minimum Gasteiger partial charge on any atom is -0.493 e. The van der Waals surface area contributed by atoms with Gasteiger partial charge in [-0.2, -0.15) is 0 Å². The van der Waals surface area contributed by atoms with E-state index in [4.69, 9.17) is 24.7 Å². The molecule has 1 fully saturated rings. The van der Waals surface area contributed by atoms with Gasteiger partial charge in [-0.05, 0) is 55.2 Å². The van der Waals surface area contributed by atoms with Crippen molar-refractivity contribution in [1.29, 1.82) is 0 Å². The number of amides is 1. The van der Waals surface area contributed by atoms with Crippen LogP contribution in [0, 0.1) is 11.8 Å². The lowest BCUT2D eigenvalue weighted by Crippen LogP contribution is -2.53. The Morgan fingerprint density at radius 3 is 2.41 bits per heavy atom.